The van der Waals surface area contributed by atoms with Crippen molar-refractivity contribution >= 4 is 11.7 Å². The monoisotopic (exact) mass is 235 g/mol. The number of aryl methyl sites for hydroxylation is 1. The Morgan fingerprint density at radius 2 is 2.00 bits per heavy atom. The van der Waals surface area contributed by atoms with Gasteiger partial charge in [-0.15, -0.1) is 0 Å². The van der Waals surface area contributed by atoms with Crippen molar-refractivity contribution in [2.45, 2.75) is 33.1 Å². The Hall–Kier alpha value is -1.51. The Morgan fingerprint density at radius 1 is 1.29 bits per heavy atom. The van der Waals surface area contributed by atoms with Crippen LogP contribution in [0.3, 0.4) is 0 Å². The zero-order chi connectivity index (χ0) is 12.7. The van der Waals surface area contributed by atoms with Crippen molar-refractivity contribution in [1.82, 2.24) is 0 Å². The Bertz CT molecular complexity index is 359. The van der Waals surface area contributed by atoms with Gasteiger partial charge in [-0.2, -0.15) is 0 Å². The number of rotatable bonds is 7. The molecule has 3 heteroatoms. The number of benzene rings is 1. The van der Waals surface area contributed by atoms with E-state index in [1.54, 1.807) is 0 Å². The number of hydrogen-bond acceptors (Lipinski definition) is 2. The van der Waals surface area contributed by atoms with Crippen LogP contribution in [-0.4, -0.2) is 24.2 Å². The number of carbonyl (C=O) groups is 1. The largest absolute Gasteiger partial charge is 0.481 e. The third kappa shape index (κ3) is 4.47. The van der Waals surface area contributed by atoms with Crippen LogP contribution in [0.5, 0.6) is 0 Å². The molecule has 0 aliphatic carbocycles. The molecular formula is C14H21NO2. The molecule has 0 aliphatic rings. The van der Waals surface area contributed by atoms with Gasteiger partial charge in [-0.05, 0) is 44.4 Å². The summed E-state index contributed by atoms with van der Waals surface area (Å²) in [5, 5.41) is 8.60. The van der Waals surface area contributed by atoms with Crippen molar-refractivity contribution in [3.05, 3.63) is 29.8 Å². The van der Waals surface area contributed by atoms with Crippen LogP contribution in [0.2, 0.25) is 0 Å². The summed E-state index contributed by atoms with van der Waals surface area (Å²) in [7, 11) is 0. The SMILES string of the molecule is CCN(CC)c1cccc(CCCC(=O)O)c1. The first-order chi connectivity index (χ1) is 8.17. The van der Waals surface area contributed by atoms with Crippen LogP contribution in [0.1, 0.15) is 32.3 Å². The van der Waals surface area contributed by atoms with Crippen molar-refractivity contribution in [2.24, 2.45) is 0 Å². The Balaban J connectivity index is 2.62. The lowest BCUT2D eigenvalue weighted by Gasteiger charge is -2.21. The van der Waals surface area contributed by atoms with Crippen LogP contribution in [0.4, 0.5) is 5.69 Å². The van der Waals surface area contributed by atoms with E-state index >= 15 is 0 Å². The van der Waals surface area contributed by atoms with E-state index in [9.17, 15) is 4.79 Å². The van der Waals surface area contributed by atoms with E-state index in [1.807, 2.05) is 6.07 Å². The van der Waals surface area contributed by atoms with Gasteiger partial charge in [0, 0.05) is 25.2 Å². The summed E-state index contributed by atoms with van der Waals surface area (Å²) in [4.78, 5) is 12.7. The van der Waals surface area contributed by atoms with Crippen molar-refractivity contribution in [1.29, 1.82) is 0 Å². The smallest absolute Gasteiger partial charge is 0.303 e. The molecule has 0 spiro atoms. The van der Waals surface area contributed by atoms with Gasteiger partial charge in [0.15, 0.2) is 0 Å². The van der Waals surface area contributed by atoms with E-state index in [2.05, 4.69) is 36.9 Å². The second-order valence-electron chi connectivity index (χ2n) is 4.09. The standard InChI is InChI=1S/C14H21NO2/c1-3-15(4-2)13-9-5-7-12(11-13)8-6-10-14(16)17/h5,7,9,11H,3-4,6,8,10H2,1-2H3,(H,16,17). The number of anilines is 1. The summed E-state index contributed by atoms with van der Waals surface area (Å²) in [5.74, 6) is -0.718. The molecule has 0 bridgehead atoms. The van der Waals surface area contributed by atoms with Gasteiger partial charge < -0.3 is 10.0 Å². The quantitative estimate of drug-likeness (QED) is 0.790. The molecule has 0 unspecified atom stereocenters. The molecule has 0 radical (unpaired) electrons. The lowest BCUT2D eigenvalue weighted by atomic mass is 10.1. The molecule has 1 N–H and O–H groups in total. The fourth-order valence-corrected chi connectivity index (χ4v) is 1.94. The van der Waals surface area contributed by atoms with Gasteiger partial charge in [-0.3, -0.25) is 4.79 Å². The second kappa shape index (κ2) is 6.94. The van der Waals surface area contributed by atoms with E-state index < -0.39 is 5.97 Å². The first-order valence-electron chi connectivity index (χ1n) is 6.23. The van der Waals surface area contributed by atoms with Crippen molar-refractivity contribution < 1.29 is 9.90 Å². The summed E-state index contributed by atoms with van der Waals surface area (Å²) in [6.07, 6.45) is 1.79. The van der Waals surface area contributed by atoms with Crippen molar-refractivity contribution in [3.63, 3.8) is 0 Å². The summed E-state index contributed by atoms with van der Waals surface area (Å²) in [5.41, 5.74) is 2.44. The van der Waals surface area contributed by atoms with Crippen LogP contribution in [-0.2, 0) is 11.2 Å². The molecule has 0 aromatic heterocycles. The molecule has 1 rings (SSSR count). The molecule has 0 saturated heterocycles. The summed E-state index contributed by atoms with van der Waals surface area (Å²) in [6, 6.07) is 8.38. The first kappa shape index (κ1) is 13.6. The molecule has 0 saturated carbocycles. The molecular weight excluding hydrogens is 214 g/mol. The molecule has 1 aromatic carbocycles. The topological polar surface area (TPSA) is 40.5 Å². The fraction of sp³-hybridized carbons (Fsp3) is 0.500. The molecule has 0 atom stereocenters. The lowest BCUT2D eigenvalue weighted by Crippen LogP contribution is -2.21. The first-order valence-corrected chi connectivity index (χ1v) is 6.23. The predicted molar refractivity (Wildman–Crippen MR) is 70.6 cm³/mol. The minimum atomic E-state index is -0.718. The van der Waals surface area contributed by atoms with Gasteiger partial charge in [-0.25, -0.2) is 0 Å². The number of hydrogen-bond donors (Lipinski definition) is 1. The van der Waals surface area contributed by atoms with Crippen LogP contribution in [0.15, 0.2) is 24.3 Å². The van der Waals surface area contributed by atoms with Crippen LogP contribution >= 0.6 is 0 Å². The summed E-state index contributed by atoms with van der Waals surface area (Å²) in [6.45, 7) is 6.27. The minimum Gasteiger partial charge on any atom is -0.481 e. The van der Waals surface area contributed by atoms with Crippen LogP contribution in [0, 0.1) is 0 Å². The van der Waals surface area contributed by atoms with Crippen molar-refractivity contribution in [2.75, 3.05) is 18.0 Å². The normalized spacial score (nSPS) is 10.2. The number of nitrogens with zero attached hydrogens (tertiary/aromatic N) is 1. The Morgan fingerprint density at radius 3 is 2.59 bits per heavy atom. The second-order valence-corrected chi connectivity index (χ2v) is 4.09. The summed E-state index contributed by atoms with van der Waals surface area (Å²) < 4.78 is 0. The highest BCUT2D eigenvalue weighted by molar-refractivity contribution is 5.66. The van der Waals surface area contributed by atoms with E-state index in [4.69, 9.17) is 5.11 Å². The molecule has 0 fully saturated rings. The van der Waals surface area contributed by atoms with E-state index in [1.165, 1.54) is 11.3 Å². The maximum atomic E-state index is 10.4. The third-order valence-corrected chi connectivity index (χ3v) is 2.90. The van der Waals surface area contributed by atoms with E-state index in [0.29, 0.717) is 6.42 Å². The molecule has 17 heavy (non-hydrogen) atoms. The average Bonchev–Trinajstić information content (AvgIpc) is 2.31. The zero-order valence-corrected chi connectivity index (χ0v) is 10.6. The van der Waals surface area contributed by atoms with Crippen LogP contribution < -0.4 is 4.90 Å². The van der Waals surface area contributed by atoms with Gasteiger partial charge >= 0.3 is 5.97 Å². The molecule has 1 aromatic rings. The van der Waals surface area contributed by atoms with Gasteiger partial charge in [-0.1, -0.05) is 12.1 Å². The molecule has 3 nitrogen and oxygen atoms in total. The highest BCUT2D eigenvalue weighted by Crippen LogP contribution is 2.17. The van der Waals surface area contributed by atoms with Gasteiger partial charge in [0.1, 0.15) is 0 Å². The van der Waals surface area contributed by atoms with Crippen LogP contribution in [0.25, 0.3) is 0 Å². The molecule has 0 amide bonds. The van der Waals surface area contributed by atoms with E-state index in [-0.39, 0.29) is 6.42 Å². The number of carboxylic acid groups (broad SMARTS) is 1. The summed E-state index contributed by atoms with van der Waals surface area (Å²) >= 11 is 0. The average molecular weight is 235 g/mol. The predicted octanol–water partition coefficient (Wildman–Crippen LogP) is 2.94. The molecule has 94 valence electrons. The number of aliphatic carboxylic acids is 1. The Labute approximate surface area is 103 Å². The van der Waals surface area contributed by atoms with Gasteiger partial charge in [0.05, 0.1) is 0 Å². The maximum absolute atomic E-state index is 10.4. The molecule has 0 aliphatic heterocycles. The zero-order valence-electron chi connectivity index (χ0n) is 10.6. The highest BCUT2D eigenvalue weighted by atomic mass is 16.4. The molecule has 0 heterocycles. The fourth-order valence-electron chi connectivity index (χ4n) is 1.94. The minimum absolute atomic E-state index is 0.246. The lowest BCUT2D eigenvalue weighted by molar-refractivity contribution is -0.137. The van der Waals surface area contributed by atoms with Gasteiger partial charge in [0.2, 0.25) is 0 Å². The Kier molecular flexibility index (Phi) is 5.53. The maximum Gasteiger partial charge on any atom is 0.303 e. The van der Waals surface area contributed by atoms with Crippen molar-refractivity contribution in [3.8, 4) is 0 Å². The van der Waals surface area contributed by atoms with E-state index in [0.717, 1.165) is 19.5 Å². The third-order valence-electron chi connectivity index (χ3n) is 2.90. The van der Waals surface area contributed by atoms with Gasteiger partial charge in [0.25, 0.3) is 0 Å². The number of carboxylic acids is 1. The highest BCUT2D eigenvalue weighted by Gasteiger charge is 2.03.